The summed E-state index contributed by atoms with van der Waals surface area (Å²) in [5.74, 6) is -1.21. The van der Waals surface area contributed by atoms with Gasteiger partial charge in [-0.2, -0.15) is 0 Å². The van der Waals surface area contributed by atoms with E-state index in [0.29, 0.717) is 12.8 Å². The number of non-ortho nitro benzene ring substituents is 1. The van der Waals surface area contributed by atoms with Gasteiger partial charge in [-0.25, -0.2) is 4.79 Å². The highest BCUT2D eigenvalue weighted by Crippen LogP contribution is 2.38. The van der Waals surface area contributed by atoms with E-state index in [1.54, 1.807) is 0 Å². The number of esters is 1. The highest BCUT2D eigenvalue weighted by Gasteiger charge is 2.50. The van der Waals surface area contributed by atoms with Crippen LogP contribution in [0.25, 0.3) is 0 Å². The summed E-state index contributed by atoms with van der Waals surface area (Å²) in [6.45, 7) is 5.56. The molecule has 1 aromatic carbocycles. The number of ether oxygens (including phenoxy) is 4. The maximum Gasteiger partial charge on any atom is 0.338 e. The van der Waals surface area contributed by atoms with Crippen molar-refractivity contribution in [1.82, 2.24) is 0 Å². The van der Waals surface area contributed by atoms with Gasteiger partial charge in [-0.05, 0) is 32.4 Å². The molecule has 0 saturated carbocycles. The lowest BCUT2D eigenvalue weighted by Crippen LogP contribution is -2.33. The summed E-state index contributed by atoms with van der Waals surface area (Å²) in [4.78, 5) is 22.4. The SMILES string of the molecule is CCC(OC(=O)c1ccc([N+](=O)[O-])cc1)[C@@H]1C[C@H]2OC(C)(C)O[C@H]2O1. The van der Waals surface area contributed by atoms with Crippen LogP contribution in [0.5, 0.6) is 0 Å². The standard InChI is InChI=1S/C17H21NO7/c1-4-12(13-9-14-16(23-13)25-17(2,3)24-14)22-15(19)10-5-7-11(8-6-10)18(20)21/h5-8,12-14,16H,4,9H2,1-3H3/t12?,13-,14+,16+/m0/s1. The molecule has 136 valence electrons. The number of nitrogens with zero attached hydrogens (tertiary/aromatic N) is 1. The molecule has 2 saturated heterocycles. The van der Waals surface area contributed by atoms with E-state index in [-0.39, 0.29) is 23.5 Å². The molecule has 0 bridgehead atoms. The number of carbonyl (C=O) groups excluding carboxylic acids is 1. The minimum absolute atomic E-state index is 0.0764. The summed E-state index contributed by atoms with van der Waals surface area (Å²) in [5.41, 5.74) is 0.184. The second-order valence-corrected chi connectivity index (χ2v) is 6.61. The number of hydrogen-bond acceptors (Lipinski definition) is 7. The van der Waals surface area contributed by atoms with Crippen molar-refractivity contribution in [2.45, 2.75) is 64.0 Å². The molecule has 0 radical (unpaired) electrons. The van der Waals surface area contributed by atoms with Crippen molar-refractivity contribution < 1.29 is 28.7 Å². The third-order valence-electron chi connectivity index (χ3n) is 4.30. The summed E-state index contributed by atoms with van der Waals surface area (Å²) in [6, 6.07) is 5.31. The number of benzene rings is 1. The molecule has 0 aliphatic carbocycles. The van der Waals surface area contributed by atoms with Crippen LogP contribution in [0.4, 0.5) is 5.69 Å². The minimum Gasteiger partial charge on any atom is -0.456 e. The monoisotopic (exact) mass is 351 g/mol. The maximum atomic E-state index is 12.3. The van der Waals surface area contributed by atoms with E-state index < -0.39 is 29.1 Å². The van der Waals surface area contributed by atoms with Crippen molar-refractivity contribution in [3.05, 3.63) is 39.9 Å². The normalized spacial score (nSPS) is 28.4. The molecule has 4 atom stereocenters. The van der Waals surface area contributed by atoms with E-state index in [2.05, 4.69) is 0 Å². The Bertz CT molecular complexity index is 641. The zero-order valence-electron chi connectivity index (χ0n) is 14.3. The highest BCUT2D eigenvalue weighted by atomic mass is 16.8. The topological polar surface area (TPSA) is 97.1 Å². The molecule has 0 aromatic heterocycles. The summed E-state index contributed by atoms with van der Waals surface area (Å²) in [7, 11) is 0. The molecule has 0 spiro atoms. The highest BCUT2D eigenvalue weighted by molar-refractivity contribution is 5.89. The van der Waals surface area contributed by atoms with E-state index in [0.717, 1.165) is 0 Å². The van der Waals surface area contributed by atoms with Gasteiger partial charge < -0.3 is 18.9 Å². The van der Waals surface area contributed by atoms with E-state index in [1.165, 1.54) is 24.3 Å². The lowest BCUT2D eigenvalue weighted by atomic mass is 10.1. The quantitative estimate of drug-likeness (QED) is 0.457. The fourth-order valence-corrected chi connectivity index (χ4v) is 3.12. The Morgan fingerprint density at radius 3 is 2.60 bits per heavy atom. The summed E-state index contributed by atoms with van der Waals surface area (Å²) in [5, 5.41) is 10.7. The van der Waals surface area contributed by atoms with Gasteiger partial charge in [0.15, 0.2) is 12.1 Å². The van der Waals surface area contributed by atoms with Gasteiger partial charge in [-0.1, -0.05) is 6.92 Å². The van der Waals surface area contributed by atoms with Gasteiger partial charge in [-0.3, -0.25) is 10.1 Å². The van der Waals surface area contributed by atoms with Gasteiger partial charge in [-0.15, -0.1) is 0 Å². The van der Waals surface area contributed by atoms with Crippen molar-refractivity contribution in [3.63, 3.8) is 0 Å². The van der Waals surface area contributed by atoms with Crippen molar-refractivity contribution >= 4 is 11.7 Å². The van der Waals surface area contributed by atoms with Crippen LogP contribution < -0.4 is 0 Å². The van der Waals surface area contributed by atoms with Gasteiger partial charge in [0.2, 0.25) is 0 Å². The molecule has 8 nitrogen and oxygen atoms in total. The summed E-state index contributed by atoms with van der Waals surface area (Å²) >= 11 is 0. The van der Waals surface area contributed by atoms with Crippen LogP contribution in [0.3, 0.4) is 0 Å². The Hall–Kier alpha value is -2.03. The molecular formula is C17H21NO7. The van der Waals surface area contributed by atoms with Gasteiger partial charge in [0.25, 0.3) is 5.69 Å². The Morgan fingerprint density at radius 1 is 1.36 bits per heavy atom. The first-order valence-electron chi connectivity index (χ1n) is 8.25. The summed E-state index contributed by atoms with van der Waals surface area (Å²) in [6.07, 6.45) is -0.215. The van der Waals surface area contributed by atoms with Crippen LogP contribution in [-0.4, -0.2) is 41.3 Å². The summed E-state index contributed by atoms with van der Waals surface area (Å²) < 4.78 is 22.8. The maximum absolute atomic E-state index is 12.3. The number of hydrogen-bond donors (Lipinski definition) is 0. The predicted molar refractivity (Wildman–Crippen MR) is 85.9 cm³/mol. The Labute approximate surface area is 145 Å². The predicted octanol–water partition coefficient (Wildman–Crippen LogP) is 2.80. The van der Waals surface area contributed by atoms with Crippen molar-refractivity contribution in [1.29, 1.82) is 0 Å². The molecule has 25 heavy (non-hydrogen) atoms. The van der Waals surface area contributed by atoms with E-state index in [9.17, 15) is 14.9 Å². The van der Waals surface area contributed by atoms with Gasteiger partial charge in [0.1, 0.15) is 18.3 Å². The molecule has 8 heteroatoms. The largest absolute Gasteiger partial charge is 0.456 e. The molecule has 2 aliphatic rings. The third kappa shape index (κ3) is 3.81. The Morgan fingerprint density at radius 2 is 2.04 bits per heavy atom. The molecule has 1 aromatic rings. The fourth-order valence-electron chi connectivity index (χ4n) is 3.12. The average Bonchev–Trinajstić information content (AvgIpc) is 3.05. The Balaban J connectivity index is 1.61. The van der Waals surface area contributed by atoms with Crippen molar-refractivity contribution in [3.8, 4) is 0 Å². The number of rotatable bonds is 5. The van der Waals surface area contributed by atoms with E-state index in [1.807, 2.05) is 20.8 Å². The van der Waals surface area contributed by atoms with Crippen LogP contribution in [0.1, 0.15) is 44.0 Å². The van der Waals surface area contributed by atoms with Crippen LogP contribution in [0, 0.1) is 10.1 Å². The molecule has 2 aliphatic heterocycles. The van der Waals surface area contributed by atoms with Crippen LogP contribution in [-0.2, 0) is 18.9 Å². The van der Waals surface area contributed by atoms with Crippen molar-refractivity contribution in [2.75, 3.05) is 0 Å². The first-order chi connectivity index (χ1) is 11.8. The van der Waals surface area contributed by atoms with Crippen LogP contribution in [0.2, 0.25) is 0 Å². The van der Waals surface area contributed by atoms with Gasteiger partial charge >= 0.3 is 5.97 Å². The smallest absolute Gasteiger partial charge is 0.338 e. The number of nitro benzene ring substituents is 1. The zero-order valence-corrected chi connectivity index (χ0v) is 14.3. The molecule has 1 unspecified atom stereocenters. The molecule has 0 N–H and O–H groups in total. The molecular weight excluding hydrogens is 330 g/mol. The zero-order chi connectivity index (χ0) is 18.2. The van der Waals surface area contributed by atoms with Crippen LogP contribution in [0.15, 0.2) is 24.3 Å². The third-order valence-corrected chi connectivity index (χ3v) is 4.30. The van der Waals surface area contributed by atoms with Crippen molar-refractivity contribution in [2.24, 2.45) is 0 Å². The number of fused-ring (bicyclic) bond motifs is 1. The minimum atomic E-state index is -0.669. The van der Waals surface area contributed by atoms with E-state index >= 15 is 0 Å². The second kappa shape index (κ2) is 6.70. The number of carbonyl (C=O) groups is 1. The first kappa shape index (κ1) is 17.8. The van der Waals surface area contributed by atoms with Gasteiger partial charge in [0, 0.05) is 18.6 Å². The molecule has 2 fully saturated rings. The fraction of sp³-hybridized carbons (Fsp3) is 0.588. The molecule has 3 rings (SSSR count). The second-order valence-electron chi connectivity index (χ2n) is 6.61. The number of nitro groups is 1. The van der Waals surface area contributed by atoms with E-state index in [4.69, 9.17) is 18.9 Å². The van der Waals surface area contributed by atoms with Gasteiger partial charge in [0.05, 0.1) is 10.5 Å². The lowest BCUT2D eigenvalue weighted by Gasteiger charge is -2.25. The van der Waals surface area contributed by atoms with Crippen LogP contribution >= 0.6 is 0 Å². The molecule has 0 amide bonds. The average molecular weight is 351 g/mol. The first-order valence-corrected chi connectivity index (χ1v) is 8.25. The lowest BCUT2D eigenvalue weighted by molar-refractivity contribution is -0.384. The molecule has 2 heterocycles. The Kier molecular flexibility index (Phi) is 4.77.